The minimum Gasteiger partial charge on any atom is -0.382 e. The van der Waals surface area contributed by atoms with Gasteiger partial charge in [-0.25, -0.2) is 19.4 Å². The molecule has 2 rings (SSSR count). The fourth-order valence-corrected chi connectivity index (χ4v) is 2.97. The number of nitrogens with one attached hydrogen (secondary N) is 2. The molecule has 11 nitrogen and oxygen atoms in total. The first-order valence-electron chi connectivity index (χ1n) is 7.71. The van der Waals surface area contributed by atoms with E-state index in [2.05, 4.69) is 20.1 Å². The normalized spacial score (nSPS) is 17.0. The molecule has 1 heterocycles. The molecule has 1 aromatic rings. The highest BCUT2D eigenvalue weighted by Crippen LogP contribution is 2.11. The number of amidine groups is 1. The molecule has 6 N–H and O–H groups in total. The second kappa shape index (κ2) is 9.10. The third-order valence-corrected chi connectivity index (χ3v) is 4.82. The van der Waals surface area contributed by atoms with Crippen LogP contribution >= 0.6 is 0 Å². The van der Waals surface area contributed by atoms with E-state index >= 15 is 0 Å². The van der Waals surface area contributed by atoms with Crippen molar-refractivity contribution in [3.05, 3.63) is 41.7 Å². The summed E-state index contributed by atoms with van der Waals surface area (Å²) in [6.45, 7) is -0.112. The Morgan fingerprint density at radius 2 is 2.19 bits per heavy atom. The van der Waals surface area contributed by atoms with Crippen LogP contribution in [0.4, 0.5) is 0 Å². The molecule has 1 aromatic carbocycles. The first-order chi connectivity index (χ1) is 12.9. The molecule has 12 heteroatoms. The van der Waals surface area contributed by atoms with Crippen LogP contribution in [0.15, 0.2) is 51.2 Å². The molecular weight excluding hydrogens is 372 g/mol. The van der Waals surface area contributed by atoms with Gasteiger partial charge in [0.05, 0.1) is 36.0 Å². The highest BCUT2D eigenvalue weighted by Gasteiger charge is 2.14. The monoisotopic (exact) mass is 392 g/mol. The van der Waals surface area contributed by atoms with Crippen LogP contribution in [0.5, 0.6) is 0 Å². The van der Waals surface area contributed by atoms with Crippen molar-refractivity contribution in [2.75, 3.05) is 20.2 Å². The molecule has 0 saturated carbocycles. The van der Waals surface area contributed by atoms with Crippen LogP contribution in [0.3, 0.4) is 0 Å². The Morgan fingerprint density at radius 1 is 1.48 bits per heavy atom. The predicted molar refractivity (Wildman–Crippen MR) is 99.4 cm³/mol. The van der Waals surface area contributed by atoms with E-state index in [1.165, 1.54) is 24.3 Å². The number of nitrogens with two attached hydrogens (primary N) is 2. The number of aliphatic imine (C=N–C) groups is 1. The standard InChI is InChI=1S/C15H20N8O3S/c1-26-14-9-19-12(8-20-14)10-23(18)22-15(17)11-2-4-13(5-3-11)27(24,25)21-7-6-16/h2-5,8-9,14,20-21H,7,10,18H2,1H3,(H2,17,22). The van der Waals surface area contributed by atoms with Crippen molar-refractivity contribution in [2.24, 2.45) is 21.7 Å². The van der Waals surface area contributed by atoms with Gasteiger partial charge in [-0.1, -0.05) is 0 Å². The van der Waals surface area contributed by atoms with Crippen LogP contribution in [0.1, 0.15) is 5.56 Å². The van der Waals surface area contributed by atoms with Crippen LogP contribution in [0, 0.1) is 11.3 Å². The fraction of sp³-hybridized carbons (Fsp3) is 0.267. The number of hydrazone groups is 1. The van der Waals surface area contributed by atoms with Gasteiger partial charge in [0, 0.05) is 18.9 Å². The van der Waals surface area contributed by atoms with Crippen molar-refractivity contribution in [2.45, 2.75) is 11.1 Å². The Kier molecular flexibility index (Phi) is 6.85. The minimum atomic E-state index is -3.74. The van der Waals surface area contributed by atoms with Crippen molar-refractivity contribution >= 4 is 22.1 Å². The summed E-state index contributed by atoms with van der Waals surface area (Å²) in [6, 6.07) is 7.43. The second-order valence-corrected chi connectivity index (χ2v) is 7.09. The Balaban J connectivity index is 2.02. The van der Waals surface area contributed by atoms with Crippen molar-refractivity contribution in [1.82, 2.24) is 15.2 Å². The quantitative estimate of drug-likeness (QED) is 0.140. The topological polar surface area (TPSA) is 171 Å². The minimum absolute atomic E-state index is 0.0133. The lowest BCUT2D eigenvalue weighted by Gasteiger charge is -2.19. The number of nitriles is 1. The van der Waals surface area contributed by atoms with E-state index in [1.54, 1.807) is 25.6 Å². The van der Waals surface area contributed by atoms with Gasteiger partial charge in [0.25, 0.3) is 0 Å². The summed E-state index contributed by atoms with van der Waals surface area (Å²) in [5.74, 6) is 5.93. The first kappa shape index (κ1) is 20.3. The van der Waals surface area contributed by atoms with Gasteiger partial charge in [-0.15, -0.1) is 5.10 Å². The third-order valence-electron chi connectivity index (χ3n) is 3.41. The van der Waals surface area contributed by atoms with Gasteiger partial charge < -0.3 is 15.8 Å². The number of hydrogen-bond donors (Lipinski definition) is 4. The van der Waals surface area contributed by atoms with Crippen LogP contribution < -0.4 is 21.6 Å². The maximum absolute atomic E-state index is 11.9. The molecule has 1 aliphatic rings. The zero-order chi connectivity index (χ0) is 19.9. The lowest BCUT2D eigenvalue weighted by atomic mass is 10.2. The molecule has 1 aliphatic heterocycles. The first-order valence-corrected chi connectivity index (χ1v) is 9.19. The van der Waals surface area contributed by atoms with Gasteiger partial charge in [0.2, 0.25) is 10.0 Å². The molecule has 27 heavy (non-hydrogen) atoms. The van der Waals surface area contributed by atoms with Crippen LogP contribution in [-0.4, -0.2) is 52.0 Å². The van der Waals surface area contributed by atoms with E-state index in [0.29, 0.717) is 11.3 Å². The number of hydrogen-bond acceptors (Lipinski definition) is 9. The van der Waals surface area contributed by atoms with Crippen molar-refractivity contribution in [1.29, 1.82) is 5.26 Å². The highest BCUT2D eigenvalue weighted by molar-refractivity contribution is 7.89. The van der Waals surface area contributed by atoms with E-state index < -0.39 is 10.0 Å². The summed E-state index contributed by atoms with van der Waals surface area (Å²) >= 11 is 0. The lowest BCUT2D eigenvalue weighted by molar-refractivity contribution is 0.141. The van der Waals surface area contributed by atoms with Gasteiger partial charge in [0.1, 0.15) is 0 Å². The van der Waals surface area contributed by atoms with E-state index in [9.17, 15) is 8.42 Å². The fourth-order valence-electron chi connectivity index (χ4n) is 2.05. The van der Waals surface area contributed by atoms with Gasteiger partial charge in [-0.2, -0.15) is 9.98 Å². The number of nitrogens with zero attached hydrogens (tertiary/aromatic N) is 4. The van der Waals surface area contributed by atoms with Gasteiger partial charge in [-0.05, 0) is 24.3 Å². The number of sulfonamides is 1. The van der Waals surface area contributed by atoms with E-state index in [4.69, 9.17) is 21.6 Å². The highest BCUT2D eigenvalue weighted by atomic mass is 32.2. The number of benzene rings is 1. The molecule has 0 aromatic heterocycles. The van der Waals surface area contributed by atoms with Gasteiger partial charge in [-0.3, -0.25) is 4.99 Å². The molecule has 1 unspecified atom stereocenters. The summed E-state index contributed by atoms with van der Waals surface area (Å²) in [5.41, 5.74) is 7.03. The SMILES string of the molecule is COC1C=NC(CN(N)/N=C(\N)c2ccc(S(=O)(=O)NCC#N)cc2)=CN1. The summed E-state index contributed by atoms with van der Waals surface area (Å²) in [5, 5.41) is 16.6. The Bertz CT molecular complexity index is 887. The largest absolute Gasteiger partial charge is 0.382 e. The molecule has 0 aliphatic carbocycles. The molecule has 0 saturated heterocycles. The lowest BCUT2D eigenvalue weighted by Crippen LogP contribution is -2.35. The van der Waals surface area contributed by atoms with E-state index in [0.717, 1.165) is 5.12 Å². The zero-order valence-electron chi connectivity index (χ0n) is 14.5. The van der Waals surface area contributed by atoms with Crippen LogP contribution in [0.25, 0.3) is 0 Å². The average Bonchev–Trinajstić information content (AvgIpc) is 2.67. The second-order valence-electron chi connectivity index (χ2n) is 5.33. The molecule has 0 bridgehead atoms. The van der Waals surface area contributed by atoms with E-state index in [-0.39, 0.29) is 30.0 Å². The van der Waals surface area contributed by atoms with Crippen molar-refractivity contribution < 1.29 is 13.2 Å². The Hall–Kier alpha value is -2.98. The maximum atomic E-state index is 11.9. The summed E-state index contributed by atoms with van der Waals surface area (Å²) in [6.07, 6.45) is 2.97. The summed E-state index contributed by atoms with van der Waals surface area (Å²) in [7, 11) is -2.19. The molecule has 1 atom stereocenters. The van der Waals surface area contributed by atoms with Gasteiger partial charge >= 0.3 is 0 Å². The van der Waals surface area contributed by atoms with E-state index in [1.807, 2.05) is 0 Å². The molecule has 0 spiro atoms. The Morgan fingerprint density at radius 3 is 2.74 bits per heavy atom. The van der Waals surface area contributed by atoms with Crippen LogP contribution in [-0.2, 0) is 14.8 Å². The zero-order valence-corrected chi connectivity index (χ0v) is 15.3. The molecule has 0 amide bonds. The number of rotatable bonds is 8. The molecule has 0 fully saturated rings. The molecular formula is C15H20N8O3S. The maximum Gasteiger partial charge on any atom is 0.241 e. The average molecular weight is 392 g/mol. The summed E-state index contributed by atoms with van der Waals surface area (Å²) in [4.78, 5) is 4.20. The predicted octanol–water partition coefficient (Wildman–Crippen LogP) is -1.23. The van der Waals surface area contributed by atoms with Gasteiger partial charge in [0.15, 0.2) is 12.1 Å². The smallest absolute Gasteiger partial charge is 0.241 e. The Labute approximate surface area is 157 Å². The summed E-state index contributed by atoms with van der Waals surface area (Å²) < 4.78 is 31.1. The molecule has 144 valence electrons. The van der Waals surface area contributed by atoms with Crippen LogP contribution in [0.2, 0.25) is 0 Å². The third kappa shape index (κ3) is 5.76. The number of hydrazine groups is 1. The molecule has 0 radical (unpaired) electrons. The number of ether oxygens (including phenoxy) is 1. The van der Waals surface area contributed by atoms with Crippen molar-refractivity contribution in [3.8, 4) is 6.07 Å². The van der Waals surface area contributed by atoms with Crippen molar-refractivity contribution in [3.63, 3.8) is 0 Å². The number of methoxy groups -OCH3 is 1.